The van der Waals surface area contributed by atoms with E-state index in [1.54, 1.807) is 20.8 Å². The second kappa shape index (κ2) is 4.34. The van der Waals surface area contributed by atoms with Gasteiger partial charge in [0, 0.05) is 17.5 Å². The van der Waals surface area contributed by atoms with Crippen molar-refractivity contribution in [2.45, 2.75) is 20.8 Å². The van der Waals surface area contributed by atoms with Gasteiger partial charge in [0.05, 0.1) is 16.5 Å². The Morgan fingerprint density at radius 1 is 1.42 bits per heavy atom. The van der Waals surface area contributed by atoms with Crippen molar-refractivity contribution in [3.63, 3.8) is 0 Å². The van der Waals surface area contributed by atoms with Crippen LogP contribution in [0.3, 0.4) is 0 Å². The fourth-order valence-corrected chi connectivity index (χ4v) is 1.40. The maximum atomic E-state index is 11.8. The topological polar surface area (TPSA) is 87.3 Å². The Morgan fingerprint density at radius 2 is 2.11 bits per heavy atom. The van der Waals surface area contributed by atoms with E-state index in [1.165, 1.54) is 24.4 Å². The maximum Gasteiger partial charge on any atom is 0.340 e. The van der Waals surface area contributed by atoms with Crippen molar-refractivity contribution >= 4 is 22.6 Å². The van der Waals surface area contributed by atoms with E-state index < -0.39 is 16.3 Å². The zero-order valence-electron chi connectivity index (χ0n) is 10.8. The maximum absolute atomic E-state index is 11.8. The summed E-state index contributed by atoms with van der Waals surface area (Å²) in [6.45, 7) is 5.18. The van der Waals surface area contributed by atoms with Gasteiger partial charge in [0.1, 0.15) is 5.52 Å². The predicted octanol–water partition coefficient (Wildman–Crippen LogP) is 1.95. The van der Waals surface area contributed by atoms with E-state index in [9.17, 15) is 14.9 Å². The van der Waals surface area contributed by atoms with Crippen LogP contribution in [0.15, 0.2) is 24.4 Å². The van der Waals surface area contributed by atoms with Crippen molar-refractivity contribution in [1.29, 1.82) is 0 Å². The Labute approximate surface area is 108 Å². The smallest absolute Gasteiger partial charge is 0.318 e. The number of aromatic nitrogens is 2. The van der Waals surface area contributed by atoms with Crippen molar-refractivity contribution < 1.29 is 14.6 Å². The van der Waals surface area contributed by atoms with Gasteiger partial charge in [-0.15, -0.1) is 5.10 Å². The van der Waals surface area contributed by atoms with E-state index >= 15 is 0 Å². The van der Waals surface area contributed by atoms with Gasteiger partial charge < -0.3 is 4.84 Å². The van der Waals surface area contributed by atoms with Crippen LogP contribution in [0.4, 0.5) is 5.69 Å². The first-order valence-electron chi connectivity index (χ1n) is 5.64. The molecule has 0 amide bonds. The number of carbonyl (C=O) groups excluding carboxylic acids is 1. The third-order valence-electron chi connectivity index (χ3n) is 2.51. The minimum atomic E-state index is -0.654. The number of hydrogen-bond donors (Lipinski definition) is 0. The van der Waals surface area contributed by atoms with Crippen molar-refractivity contribution in [3.05, 3.63) is 34.5 Å². The number of nitrogens with zero attached hydrogens (tertiary/aromatic N) is 3. The first-order chi connectivity index (χ1) is 8.79. The summed E-state index contributed by atoms with van der Waals surface area (Å²) in [5, 5.41) is 15.1. The zero-order chi connectivity index (χ0) is 14.2. The summed E-state index contributed by atoms with van der Waals surface area (Å²) in [7, 11) is 0. The molecule has 0 fully saturated rings. The average molecular weight is 263 g/mol. The summed E-state index contributed by atoms with van der Waals surface area (Å²) in [6.07, 6.45) is 1.41. The standard InChI is InChI=1S/C12H13N3O4/c1-12(2,3)11(16)19-14-10-5-4-9(15(17)18)6-8(10)7-13-14/h4-7H,1-3H3. The van der Waals surface area contributed by atoms with E-state index in [2.05, 4.69) is 5.10 Å². The number of rotatable bonds is 2. The number of hydrogen-bond acceptors (Lipinski definition) is 5. The number of non-ortho nitro benzene ring substituents is 1. The Morgan fingerprint density at radius 3 is 2.68 bits per heavy atom. The summed E-state index contributed by atoms with van der Waals surface area (Å²) in [5.74, 6) is -0.434. The SMILES string of the molecule is CC(C)(C)C(=O)On1ncc2cc([N+](=O)[O-])ccc21. The van der Waals surface area contributed by atoms with Crippen molar-refractivity contribution in [2.75, 3.05) is 0 Å². The highest BCUT2D eigenvalue weighted by Crippen LogP contribution is 2.21. The first-order valence-corrected chi connectivity index (χ1v) is 5.64. The lowest BCUT2D eigenvalue weighted by atomic mass is 9.98. The Kier molecular flexibility index (Phi) is 2.97. The largest absolute Gasteiger partial charge is 0.340 e. The number of fused-ring (bicyclic) bond motifs is 1. The normalized spacial score (nSPS) is 11.5. The molecule has 1 heterocycles. The summed E-state index contributed by atoms with van der Waals surface area (Å²) in [6, 6.07) is 4.21. The van der Waals surface area contributed by atoms with Crippen LogP contribution in [0.2, 0.25) is 0 Å². The molecular weight excluding hydrogens is 250 g/mol. The van der Waals surface area contributed by atoms with Crippen LogP contribution >= 0.6 is 0 Å². The minimum Gasteiger partial charge on any atom is -0.318 e. The predicted molar refractivity (Wildman–Crippen MR) is 67.4 cm³/mol. The van der Waals surface area contributed by atoms with Crippen LogP contribution in [-0.2, 0) is 4.79 Å². The van der Waals surface area contributed by atoms with Gasteiger partial charge in [-0.05, 0) is 26.8 Å². The fourth-order valence-electron chi connectivity index (χ4n) is 1.40. The van der Waals surface area contributed by atoms with Gasteiger partial charge in [-0.2, -0.15) is 0 Å². The van der Waals surface area contributed by atoms with Gasteiger partial charge in [-0.25, -0.2) is 4.79 Å². The van der Waals surface area contributed by atoms with Gasteiger partial charge in [-0.3, -0.25) is 10.1 Å². The average Bonchev–Trinajstić information content (AvgIpc) is 2.70. The van der Waals surface area contributed by atoms with E-state index in [1.807, 2.05) is 0 Å². The number of benzene rings is 1. The number of nitro groups is 1. The number of nitro benzene ring substituents is 1. The lowest BCUT2D eigenvalue weighted by molar-refractivity contribution is -0.384. The third kappa shape index (κ3) is 2.54. The van der Waals surface area contributed by atoms with Crippen LogP contribution < -0.4 is 4.84 Å². The third-order valence-corrected chi connectivity index (χ3v) is 2.51. The molecule has 1 aromatic carbocycles. The molecule has 0 saturated carbocycles. The molecule has 0 bridgehead atoms. The van der Waals surface area contributed by atoms with E-state index in [4.69, 9.17) is 4.84 Å². The molecule has 0 unspecified atom stereocenters. The van der Waals surface area contributed by atoms with E-state index in [0.717, 1.165) is 4.85 Å². The summed E-state index contributed by atoms with van der Waals surface area (Å²) < 4.78 is 0. The summed E-state index contributed by atoms with van der Waals surface area (Å²) in [5.41, 5.74) is -0.184. The van der Waals surface area contributed by atoms with Gasteiger partial charge in [0.25, 0.3) is 5.69 Å². The molecule has 2 rings (SSSR count). The molecule has 0 radical (unpaired) electrons. The molecule has 100 valence electrons. The lowest BCUT2D eigenvalue weighted by Gasteiger charge is -2.15. The van der Waals surface area contributed by atoms with Crippen LogP contribution in [0.1, 0.15) is 20.8 Å². The van der Waals surface area contributed by atoms with Crippen molar-refractivity contribution in [2.24, 2.45) is 5.41 Å². The molecule has 0 atom stereocenters. The Bertz CT molecular complexity index is 655. The second-order valence-electron chi connectivity index (χ2n) is 5.15. The molecule has 7 heteroatoms. The van der Waals surface area contributed by atoms with E-state index in [0.29, 0.717) is 10.9 Å². The highest BCUT2D eigenvalue weighted by atomic mass is 16.7. The Balaban J connectivity index is 2.36. The van der Waals surface area contributed by atoms with E-state index in [-0.39, 0.29) is 5.69 Å². The zero-order valence-corrected chi connectivity index (χ0v) is 10.8. The number of carbonyl (C=O) groups is 1. The van der Waals surface area contributed by atoms with Gasteiger partial charge >= 0.3 is 5.97 Å². The molecule has 7 nitrogen and oxygen atoms in total. The van der Waals surface area contributed by atoms with Crippen LogP contribution in [0.25, 0.3) is 10.9 Å². The molecular formula is C12H13N3O4. The molecule has 0 aliphatic heterocycles. The molecule has 0 spiro atoms. The monoisotopic (exact) mass is 263 g/mol. The highest BCUT2D eigenvalue weighted by molar-refractivity contribution is 5.82. The molecule has 0 N–H and O–H groups in total. The minimum absolute atomic E-state index is 0.0332. The summed E-state index contributed by atoms with van der Waals surface area (Å²) in [4.78, 5) is 28.1. The van der Waals surface area contributed by atoms with Crippen LogP contribution in [0.5, 0.6) is 0 Å². The van der Waals surface area contributed by atoms with Crippen molar-refractivity contribution in [1.82, 2.24) is 9.94 Å². The molecule has 0 aliphatic rings. The molecule has 1 aromatic heterocycles. The van der Waals surface area contributed by atoms with Gasteiger partial charge in [0.15, 0.2) is 0 Å². The van der Waals surface area contributed by atoms with Gasteiger partial charge in [-0.1, -0.05) is 4.85 Å². The van der Waals surface area contributed by atoms with Crippen molar-refractivity contribution in [3.8, 4) is 0 Å². The molecule has 19 heavy (non-hydrogen) atoms. The fraction of sp³-hybridized carbons (Fsp3) is 0.333. The Hall–Kier alpha value is -2.44. The molecule has 2 aromatic rings. The second-order valence-corrected chi connectivity index (χ2v) is 5.15. The molecule has 0 aliphatic carbocycles. The molecule has 0 saturated heterocycles. The first kappa shape index (κ1) is 13.0. The van der Waals surface area contributed by atoms with Crippen LogP contribution in [0, 0.1) is 15.5 Å². The van der Waals surface area contributed by atoms with Crippen LogP contribution in [-0.4, -0.2) is 20.8 Å². The quantitative estimate of drug-likeness (QED) is 0.610. The van der Waals surface area contributed by atoms with Gasteiger partial charge in [0.2, 0.25) is 0 Å². The summed E-state index contributed by atoms with van der Waals surface area (Å²) >= 11 is 0. The lowest BCUT2D eigenvalue weighted by Crippen LogP contribution is -2.31. The highest BCUT2D eigenvalue weighted by Gasteiger charge is 2.25.